The summed E-state index contributed by atoms with van der Waals surface area (Å²) in [6, 6.07) is 52.9. The normalized spacial score (nSPS) is 12.5. The van der Waals surface area contributed by atoms with Gasteiger partial charge in [0.2, 0.25) is 0 Å². The zero-order valence-electron chi connectivity index (χ0n) is 28.0. The molecule has 0 aliphatic carbocycles. The van der Waals surface area contributed by atoms with Crippen LogP contribution in [0.1, 0.15) is 0 Å². The molecule has 5 heteroatoms. The van der Waals surface area contributed by atoms with Gasteiger partial charge in [-0.2, -0.15) is 0 Å². The third-order valence-corrected chi connectivity index (χ3v) is 11.2. The van der Waals surface area contributed by atoms with Crippen LogP contribution in [0.3, 0.4) is 0 Å². The molecule has 0 atom stereocenters. The molecule has 0 radical (unpaired) electrons. The van der Waals surface area contributed by atoms with Crippen molar-refractivity contribution in [3.05, 3.63) is 152 Å². The third-order valence-electron chi connectivity index (χ3n) is 11.2. The number of para-hydroxylation sites is 3. The molecule has 0 spiro atoms. The molecule has 0 unspecified atom stereocenters. The summed E-state index contributed by atoms with van der Waals surface area (Å²) in [6.45, 7) is 0. The maximum Gasteiger partial charge on any atom is 0.137 e. The minimum absolute atomic E-state index is 0.824. The van der Waals surface area contributed by atoms with Crippen LogP contribution in [0.25, 0.3) is 126 Å². The number of furan rings is 4. The Morgan fingerprint density at radius 1 is 0.302 bits per heavy atom. The van der Waals surface area contributed by atoms with E-state index in [-0.39, 0.29) is 0 Å². The van der Waals surface area contributed by atoms with Crippen LogP contribution in [0, 0.1) is 0 Å². The Kier molecular flexibility index (Phi) is 5.06. The van der Waals surface area contributed by atoms with Gasteiger partial charge in [-0.3, -0.25) is 0 Å². The van der Waals surface area contributed by atoms with Gasteiger partial charge >= 0.3 is 0 Å². The highest BCUT2D eigenvalue weighted by molar-refractivity contribution is 6.26. The number of fused-ring (bicyclic) bond motifs is 16. The molecule has 0 aliphatic rings. The second-order valence-corrected chi connectivity index (χ2v) is 14.0. The van der Waals surface area contributed by atoms with E-state index in [9.17, 15) is 0 Å². The third kappa shape index (κ3) is 3.60. The standard InChI is InChI=1S/C48H25NO4/c1-4-12-36-29(8-1)34-24-35-30-9-2-5-13-38(30)51-45(35)25-37(34)49(36)27-17-19-33-44(23-27)53-42-21-20-41-47(48(33)42)32-18-16-26(22-43(32)52-41)28-11-7-15-40-46(28)31-10-3-6-14-39(31)50-40/h1-25H. The van der Waals surface area contributed by atoms with Crippen LogP contribution in [0.5, 0.6) is 0 Å². The van der Waals surface area contributed by atoms with E-state index in [0.717, 1.165) is 116 Å². The molecular formula is C48H25NO4. The molecule has 0 bridgehead atoms. The van der Waals surface area contributed by atoms with E-state index >= 15 is 0 Å². The summed E-state index contributed by atoms with van der Waals surface area (Å²) >= 11 is 0. The van der Waals surface area contributed by atoms with E-state index in [2.05, 4.69) is 114 Å². The molecule has 0 saturated carbocycles. The predicted octanol–water partition coefficient (Wildman–Crippen LogP) is 14.0. The lowest BCUT2D eigenvalue weighted by atomic mass is 9.98. The Morgan fingerprint density at radius 2 is 0.887 bits per heavy atom. The number of nitrogens with zero attached hydrogens (tertiary/aromatic N) is 1. The van der Waals surface area contributed by atoms with Crippen LogP contribution in [-0.2, 0) is 0 Å². The fourth-order valence-corrected chi connectivity index (χ4v) is 8.91. The first-order valence-electron chi connectivity index (χ1n) is 17.8. The van der Waals surface area contributed by atoms with E-state index < -0.39 is 0 Å². The lowest BCUT2D eigenvalue weighted by molar-refractivity contribution is 0.663. The van der Waals surface area contributed by atoms with Gasteiger partial charge in [-0.05, 0) is 77.9 Å². The Balaban J connectivity index is 1.01. The average Bonchev–Trinajstić information content (AvgIpc) is 4.01. The summed E-state index contributed by atoms with van der Waals surface area (Å²) in [5.41, 5.74) is 12.3. The zero-order valence-corrected chi connectivity index (χ0v) is 28.0. The largest absolute Gasteiger partial charge is 0.456 e. The molecular weight excluding hydrogens is 655 g/mol. The highest BCUT2D eigenvalue weighted by Gasteiger charge is 2.21. The number of rotatable bonds is 2. The first kappa shape index (κ1) is 27.5. The summed E-state index contributed by atoms with van der Waals surface area (Å²) < 4.78 is 28.1. The summed E-state index contributed by atoms with van der Waals surface area (Å²) in [5, 5.41) is 11.1. The molecule has 0 N–H and O–H groups in total. The van der Waals surface area contributed by atoms with Crippen LogP contribution in [0.15, 0.2) is 169 Å². The number of benzene rings is 8. The van der Waals surface area contributed by atoms with Gasteiger partial charge in [0, 0.05) is 71.7 Å². The molecule has 8 aromatic carbocycles. The second-order valence-electron chi connectivity index (χ2n) is 14.0. The topological polar surface area (TPSA) is 57.5 Å². The van der Waals surface area contributed by atoms with Gasteiger partial charge < -0.3 is 22.2 Å². The molecule has 5 heterocycles. The van der Waals surface area contributed by atoms with Crippen molar-refractivity contribution >= 4 is 110 Å². The van der Waals surface area contributed by atoms with Crippen molar-refractivity contribution in [3.8, 4) is 16.8 Å². The number of hydrogen-bond donors (Lipinski definition) is 0. The van der Waals surface area contributed by atoms with Crippen molar-refractivity contribution in [2.45, 2.75) is 0 Å². The predicted molar refractivity (Wildman–Crippen MR) is 215 cm³/mol. The zero-order chi connectivity index (χ0) is 34.4. The molecule has 0 aliphatic heterocycles. The van der Waals surface area contributed by atoms with Crippen molar-refractivity contribution in [1.82, 2.24) is 4.57 Å². The SMILES string of the molecule is c1ccc2c(c1)oc1cc3c(cc12)c1ccccc1n3-c1ccc2c(c1)oc1ccc3oc4cc(-c5cccc6oc7ccccc7c56)ccc4c3c12. The van der Waals surface area contributed by atoms with E-state index in [4.69, 9.17) is 17.7 Å². The lowest BCUT2D eigenvalue weighted by Crippen LogP contribution is -1.93. The van der Waals surface area contributed by atoms with Crippen LogP contribution in [-0.4, -0.2) is 4.57 Å². The van der Waals surface area contributed by atoms with Crippen LogP contribution >= 0.6 is 0 Å². The van der Waals surface area contributed by atoms with E-state index in [0.29, 0.717) is 0 Å². The maximum absolute atomic E-state index is 6.64. The van der Waals surface area contributed by atoms with Crippen molar-refractivity contribution in [3.63, 3.8) is 0 Å². The fourth-order valence-electron chi connectivity index (χ4n) is 8.91. The summed E-state index contributed by atoms with van der Waals surface area (Å²) in [4.78, 5) is 0. The highest BCUT2D eigenvalue weighted by atomic mass is 16.3. The number of hydrogen-bond acceptors (Lipinski definition) is 4. The second kappa shape index (κ2) is 9.75. The van der Waals surface area contributed by atoms with Gasteiger partial charge in [0.25, 0.3) is 0 Å². The van der Waals surface area contributed by atoms with Gasteiger partial charge in [0.1, 0.15) is 44.7 Å². The quantitative estimate of drug-likeness (QED) is 0.182. The summed E-state index contributed by atoms with van der Waals surface area (Å²) in [5.74, 6) is 0. The molecule has 5 nitrogen and oxygen atoms in total. The molecule has 53 heavy (non-hydrogen) atoms. The van der Waals surface area contributed by atoms with Crippen molar-refractivity contribution in [2.75, 3.05) is 0 Å². The van der Waals surface area contributed by atoms with E-state index in [1.165, 1.54) is 10.8 Å². The Labute approximate surface area is 299 Å². The van der Waals surface area contributed by atoms with Crippen LogP contribution in [0.4, 0.5) is 0 Å². The van der Waals surface area contributed by atoms with Crippen molar-refractivity contribution in [1.29, 1.82) is 0 Å². The van der Waals surface area contributed by atoms with E-state index in [1.807, 2.05) is 42.5 Å². The molecule has 0 fully saturated rings. The van der Waals surface area contributed by atoms with E-state index in [1.54, 1.807) is 0 Å². The summed E-state index contributed by atoms with van der Waals surface area (Å²) in [7, 11) is 0. The first-order chi connectivity index (χ1) is 26.2. The lowest BCUT2D eigenvalue weighted by Gasteiger charge is -2.08. The van der Waals surface area contributed by atoms with Crippen LogP contribution < -0.4 is 0 Å². The van der Waals surface area contributed by atoms with Crippen molar-refractivity contribution < 1.29 is 17.7 Å². The monoisotopic (exact) mass is 679 g/mol. The smallest absolute Gasteiger partial charge is 0.137 e. The first-order valence-corrected chi connectivity index (χ1v) is 17.8. The molecule has 13 aromatic rings. The minimum atomic E-state index is 0.824. The van der Waals surface area contributed by atoms with Crippen molar-refractivity contribution in [2.24, 2.45) is 0 Å². The average molecular weight is 680 g/mol. The highest BCUT2D eigenvalue weighted by Crippen LogP contribution is 2.44. The molecule has 5 aromatic heterocycles. The maximum atomic E-state index is 6.64. The van der Waals surface area contributed by atoms with Gasteiger partial charge in [-0.1, -0.05) is 72.8 Å². The van der Waals surface area contributed by atoms with Gasteiger partial charge in [-0.15, -0.1) is 0 Å². The molecule has 13 rings (SSSR count). The molecule has 0 saturated heterocycles. The molecule has 0 amide bonds. The Hall–Kier alpha value is -7.24. The number of aromatic nitrogens is 1. The van der Waals surface area contributed by atoms with Gasteiger partial charge in [-0.25, -0.2) is 0 Å². The molecule has 246 valence electrons. The Morgan fingerprint density at radius 3 is 1.72 bits per heavy atom. The van der Waals surface area contributed by atoms with Crippen LogP contribution in [0.2, 0.25) is 0 Å². The Bertz CT molecular complexity index is 3700. The fraction of sp³-hybridized carbons (Fsp3) is 0. The van der Waals surface area contributed by atoms with Gasteiger partial charge in [0.05, 0.1) is 11.0 Å². The minimum Gasteiger partial charge on any atom is -0.456 e. The summed E-state index contributed by atoms with van der Waals surface area (Å²) in [6.07, 6.45) is 0. The van der Waals surface area contributed by atoms with Gasteiger partial charge in [0.15, 0.2) is 0 Å².